The molecule has 3 N–H and O–H groups in total. The van der Waals surface area contributed by atoms with Crippen LogP contribution in [0.1, 0.15) is 40.1 Å². The molecule has 4 aromatic rings. The SMILES string of the molecule is CCn1cc2ncc(N[C@@H](C)c3cccc(NC(=O)c4cnc(CO)s4)c3)nc2n1. The molecule has 1 aromatic carbocycles. The molecule has 0 aliphatic carbocycles. The number of nitrogens with one attached hydrogen (secondary N) is 2. The average Bonchev–Trinajstić information content (AvgIpc) is 3.40. The highest BCUT2D eigenvalue weighted by Gasteiger charge is 2.13. The maximum atomic E-state index is 12.4. The highest BCUT2D eigenvalue weighted by molar-refractivity contribution is 7.13. The first kappa shape index (κ1) is 19.9. The summed E-state index contributed by atoms with van der Waals surface area (Å²) in [5.74, 6) is 0.375. The summed E-state index contributed by atoms with van der Waals surface area (Å²) in [6.45, 7) is 4.61. The molecule has 0 bridgehead atoms. The number of nitrogens with zero attached hydrogens (tertiary/aromatic N) is 5. The lowest BCUT2D eigenvalue weighted by atomic mass is 10.1. The van der Waals surface area contributed by atoms with E-state index in [1.165, 1.54) is 17.5 Å². The molecule has 0 radical (unpaired) electrons. The van der Waals surface area contributed by atoms with Crippen molar-refractivity contribution in [3.05, 3.63) is 58.3 Å². The van der Waals surface area contributed by atoms with Crippen molar-refractivity contribution in [2.24, 2.45) is 0 Å². The minimum absolute atomic E-state index is 0.0636. The molecule has 3 heterocycles. The zero-order chi connectivity index (χ0) is 21.1. The van der Waals surface area contributed by atoms with E-state index < -0.39 is 0 Å². The number of aliphatic hydroxyl groups is 1. The first-order valence-corrected chi connectivity index (χ1v) is 10.3. The second-order valence-electron chi connectivity index (χ2n) is 6.67. The third-order valence-electron chi connectivity index (χ3n) is 4.52. The van der Waals surface area contributed by atoms with Crippen LogP contribution >= 0.6 is 11.3 Å². The fourth-order valence-corrected chi connectivity index (χ4v) is 3.62. The van der Waals surface area contributed by atoms with Gasteiger partial charge in [-0.15, -0.1) is 11.3 Å². The number of carbonyl (C=O) groups excluding carboxylic acids is 1. The number of amides is 1. The Balaban J connectivity index is 1.46. The Kier molecular flexibility index (Phi) is 5.68. The number of anilines is 2. The summed E-state index contributed by atoms with van der Waals surface area (Å²) in [7, 11) is 0. The number of hydrogen-bond donors (Lipinski definition) is 3. The molecule has 10 heteroatoms. The predicted octanol–water partition coefficient (Wildman–Crippen LogP) is 3.22. The van der Waals surface area contributed by atoms with Crippen LogP contribution in [0.15, 0.2) is 42.9 Å². The molecule has 154 valence electrons. The largest absolute Gasteiger partial charge is 0.389 e. The fraction of sp³-hybridized carbons (Fsp3) is 0.250. The van der Waals surface area contributed by atoms with E-state index in [0.29, 0.717) is 27.0 Å². The molecule has 1 amide bonds. The summed E-state index contributed by atoms with van der Waals surface area (Å²) in [4.78, 5) is 25.8. The van der Waals surface area contributed by atoms with Crippen molar-refractivity contribution < 1.29 is 9.90 Å². The summed E-state index contributed by atoms with van der Waals surface area (Å²) in [5, 5.41) is 20.2. The van der Waals surface area contributed by atoms with Crippen LogP contribution in [0.5, 0.6) is 0 Å². The van der Waals surface area contributed by atoms with E-state index >= 15 is 0 Å². The minimum Gasteiger partial charge on any atom is -0.389 e. The minimum atomic E-state index is -0.257. The first-order chi connectivity index (χ1) is 14.6. The van der Waals surface area contributed by atoms with Crippen LogP contribution < -0.4 is 10.6 Å². The summed E-state index contributed by atoms with van der Waals surface area (Å²) in [5.41, 5.74) is 3.01. The molecule has 0 saturated carbocycles. The normalized spacial score (nSPS) is 12.1. The number of hydrogen-bond acceptors (Lipinski definition) is 8. The van der Waals surface area contributed by atoms with Gasteiger partial charge in [0.2, 0.25) is 5.65 Å². The number of benzene rings is 1. The summed E-state index contributed by atoms with van der Waals surface area (Å²) < 4.78 is 1.80. The van der Waals surface area contributed by atoms with Gasteiger partial charge in [0, 0.05) is 12.2 Å². The van der Waals surface area contributed by atoms with Crippen molar-refractivity contribution in [2.75, 3.05) is 10.6 Å². The van der Waals surface area contributed by atoms with Crippen molar-refractivity contribution in [3.8, 4) is 0 Å². The summed E-state index contributed by atoms with van der Waals surface area (Å²) in [6.07, 6.45) is 5.03. The Morgan fingerprint density at radius 1 is 1.30 bits per heavy atom. The van der Waals surface area contributed by atoms with Gasteiger partial charge in [-0.3, -0.25) is 9.48 Å². The van der Waals surface area contributed by atoms with Gasteiger partial charge in [0.1, 0.15) is 21.2 Å². The molecule has 0 saturated heterocycles. The van der Waals surface area contributed by atoms with Gasteiger partial charge in [-0.25, -0.2) is 15.0 Å². The molecule has 0 unspecified atom stereocenters. The Hall–Kier alpha value is -3.37. The highest BCUT2D eigenvalue weighted by Crippen LogP contribution is 2.22. The number of carbonyl (C=O) groups is 1. The number of aryl methyl sites for hydroxylation is 1. The van der Waals surface area contributed by atoms with Crippen LogP contribution in [0.25, 0.3) is 11.2 Å². The lowest BCUT2D eigenvalue weighted by molar-refractivity contribution is 0.103. The Labute approximate surface area is 176 Å². The molecule has 0 aliphatic rings. The molecule has 0 aliphatic heterocycles. The molecule has 0 spiro atoms. The van der Waals surface area contributed by atoms with Gasteiger partial charge in [0.25, 0.3) is 5.91 Å². The van der Waals surface area contributed by atoms with Crippen LogP contribution in [0.2, 0.25) is 0 Å². The van der Waals surface area contributed by atoms with Gasteiger partial charge in [0.05, 0.1) is 31.2 Å². The van der Waals surface area contributed by atoms with Crippen LogP contribution in [-0.4, -0.2) is 35.7 Å². The Morgan fingerprint density at radius 2 is 2.17 bits per heavy atom. The van der Waals surface area contributed by atoms with Crippen LogP contribution in [0.3, 0.4) is 0 Å². The van der Waals surface area contributed by atoms with Crippen molar-refractivity contribution in [1.82, 2.24) is 24.7 Å². The third kappa shape index (κ3) is 4.29. The van der Waals surface area contributed by atoms with Gasteiger partial charge in [-0.05, 0) is 31.5 Å². The summed E-state index contributed by atoms with van der Waals surface area (Å²) >= 11 is 1.17. The molecule has 1 atom stereocenters. The second kappa shape index (κ2) is 8.56. The van der Waals surface area contributed by atoms with Crippen LogP contribution in [0.4, 0.5) is 11.5 Å². The molecule has 0 fully saturated rings. The Bertz CT molecular complexity index is 1190. The second-order valence-corrected chi connectivity index (χ2v) is 7.79. The van der Waals surface area contributed by atoms with Crippen LogP contribution in [0, 0.1) is 0 Å². The average molecular weight is 424 g/mol. The molecule has 3 aromatic heterocycles. The number of rotatable bonds is 7. The standard InChI is InChI=1S/C20H21N7O2S/c1-3-27-10-15-19(26-27)25-17(9-21-15)23-12(2)13-5-4-6-14(7-13)24-20(29)16-8-22-18(11-28)30-16/h4-10,12,28H,3,11H2,1-2H3,(H,24,29)(H,23,25,26)/t12-/m0/s1. The van der Waals surface area contributed by atoms with E-state index in [1.807, 2.05) is 44.3 Å². The lowest BCUT2D eigenvalue weighted by Gasteiger charge is -2.16. The van der Waals surface area contributed by atoms with Crippen molar-refractivity contribution in [2.45, 2.75) is 33.0 Å². The molecule has 4 rings (SSSR count). The predicted molar refractivity (Wildman–Crippen MR) is 115 cm³/mol. The van der Waals surface area contributed by atoms with Gasteiger partial charge >= 0.3 is 0 Å². The zero-order valence-corrected chi connectivity index (χ0v) is 17.3. The van der Waals surface area contributed by atoms with E-state index in [9.17, 15) is 4.79 Å². The smallest absolute Gasteiger partial charge is 0.267 e. The van der Waals surface area contributed by atoms with Crippen molar-refractivity contribution in [3.63, 3.8) is 0 Å². The number of aliphatic hydroxyl groups excluding tert-OH is 1. The van der Waals surface area contributed by atoms with E-state index in [4.69, 9.17) is 5.11 Å². The van der Waals surface area contributed by atoms with E-state index in [-0.39, 0.29) is 18.6 Å². The van der Waals surface area contributed by atoms with Crippen LogP contribution in [-0.2, 0) is 13.2 Å². The van der Waals surface area contributed by atoms with Gasteiger partial charge in [-0.2, -0.15) is 5.10 Å². The van der Waals surface area contributed by atoms with Crippen molar-refractivity contribution >= 4 is 39.9 Å². The maximum Gasteiger partial charge on any atom is 0.267 e. The molecule has 9 nitrogen and oxygen atoms in total. The van der Waals surface area contributed by atoms with Gasteiger partial charge < -0.3 is 15.7 Å². The quantitative estimate of drug-likeness (QED) is 0.418. The van der Waals surface area contributed by atoms with E-state index in [2.05, 4.69) is 30.7 Å². The number of fused-ring (bicyclic) bond motifs is 1. The lowest BCUT2D eigenvalue weighted by Crippen LogP contribution is -2.12. The maximum absolute atomic E-state index is 12.4. The zero-order valence-electron chi connectivity index (χ0n) is 16.5. The number of aromatic nitrogens is 5. The first-order valence-electron chi connectivity index (χ1n) is 9.49. The van der Waals surface area contributed by atoms with Crippen molar-refractivity contribution in [1.29, 1.82) is 0 Å². The van der Waals surface area contributed by atoms with Gasteiger partial charge in [0.15, 0.2) is 0 Å². The highest BCUT2D eigenvalue weighted by atomic mass is 32.1. The molecular formula is C20H21N7O2S. The summed E-state index contributed by atoms with van der Waals surface area (Å²) in [6, 6.07) is 7.52. The van der Waals surface area contributed by atoms with E-state index in [1.54, 1.807) is 10.9 Å². The molecule has 30 heavy (non-hydrogen) atoms. The van der Waals surface area contributed by atoms with Gasteiger partial charge in [-0.1, -0.05) is 12.1 Å². The van der Waals surface area contributed by atoms with E-state index in [0.717, 1.165) is 17.6 Å². The Morgan fingerprint density at radius 3 is 2.93 bits per heavy atom. The number of thiazole rings is 1. The monoisotopic (exact) mass is 423 g/mol. The fourth-order valence-electron chi connectivity index (χ4n) is 2.95. The topological polar surface area (TPSA) is 118 Å². The third-order valence-corrected chi connectivity index (χ3v) is 5.50. The molecular weight excluding hydrogens is 402 g/mol.